The number of para-hydroxylation sites is 1. The smallest absolute Gasteiger partial charge is 0.304 e. The quantitative estimate of drug-likeness (QED) is 0.261. The molecule has 4 rings (SSSR count). The Morgan fingerprint density at radius 3 is 2.70 bits per heavy atom. The molecule has 3 N–H and O–H groups in total. The SMILES string of the molecule is CN(C)CCCOc1ccc(CCC[C@H](CC(=O)O)C(=O)NC2Cc3cn(c4ccccc34)CCOCCNC2=O)cc1. The maximum Gasteiger partial charge on any atom is 0.304 e. The number of nitrogens with zero attached hydrogens (tertiary/aromatic N) is 2. The summed E-state index contributed by atoms with van der Waals surface area (Å²) in [5, 5.41) is 16.3. The van der Waals surface area contributed by atoms with Crippen LogP contribution < -0.4 is 15.4 Å². The summed E-state index contributed by atoms with van der Waals surface area (Å²) in [5.74, 6) is -1.71. The second-order valence-corrected chi connectivity index (χ2v) is 11.4. The zero-order valence-electron chi connectivity index (χ0n) is 25.2. The van der Waals surface area contributed by atoms with Gasteiger partial charge in [0, 0.05) is 49.1 Å². The molecule has 10 heteroatoms. The number of carboxylic acids is 1. The Morgan fingerprint density at radius 2 is 1.93 bits per heavy atom. The number of fused-ring (bicyclic) bond motifs is 5. The molecule has 0 radical (unpaired) electrons. The topological polar surface area (TPSA) is 122 Å². The van der Waals surface area contributed by atoms with Crippen molar-refractivity contribution in [2.75, 3.05) is 47.0 Å². The lowest BCUT2D eigenvalue weighted by Crippen LogP contribution is -2.50. The van der Waals surface area contributed by atoms with Gasteiger partial charge >= 0.3 is 5.97 Å². The van der Waals surface area contributed by atoms with Gasteiger partial charge in [0.15, 0.2) is 0 Å². The number of carboxylic acid groups (broad SMARTS) is 1. The van der Waals surface area contributed by atoms with E-state index in [9.17, 15) is 19.5 Å². The van der Waals surface area contributed by atoms with E-state index in [1.54, 1.807) is 0 Å². The number of amides is 2. The molecule has 1 unspecified atom stereocenters. The maximum atomic E-state index is 13.4. The number of rotatable bonds is 13. The lowest BCUT2D eigenvalue weighted by Gasteiger charge is -2.22. The molecule has 2 heterocycles. The van der Waals surface area contributed by atoms with Crippen molar-refractivity contribution in [3.05, 3.63) is 65.9 Å². The van der Waals surface area contributed by atoms with Crippen LogP contribution in [0.5, 0.6) is 5.75 Å². The van der Waals surface area contributed by atoms with Crippen LogP contribution in [0.4, 0.5) is 0 Å². The predicted octanol–water partition coefficient (Wildman–Crippen LogP) is 3.26. The lowest BCUT2D eigenvalue weighted by atomic mass is 9.94. The van der Waals surface area contributed by atoms with Crippen molar-refractivity contribution in [3.8, 4) is 5.75 Å². The van der Waals surface area contributed by atoms with E-state index in [0.29, 0.717) is 58.6 Å². The van der Waals surface area contributed by atoms with Crippen molar-refractivity contribution < 1.29 is 29.0 Å². The van der Waals surface area contributed by atoms with Gasteiger partial charge in [-0.05, 0) is 69.1 Å². The number of carbonyl (C=O) groups excluding carboxylic acids is 2. The van der Waals surface area contributed by atoms with Crippen molar-refractivity contribution in [1.29, 1.82) is 0 Å². The molecule has 0 aliphatic carbocycles. The molecule has 2 atom stereocenters. The van der Waals surface area contributed by atoms with Gasteiger partial charge in [-0.15, -0.1) is 0 Å². The van der Waals surface area contributed by atoms with Gasteiger partial charge in [-0.1, -0.05) is 30.3 Å². The molecule has 0 saturated heterocycles. The second kappa shape index (κ2) is 16.1. The number of ether oxygens (including phenoxy) is 2. The minimum absolute atomic E-state index is 0.299. The van der Waals surface area contributed by atoms with Crippen LogP contribution in [0.3, 0.4) is 0 Å². The molecule has 2 amide bonds. The molecule has 232 valence electrons. The third-order valence-electron chi connectivity index (χ3n) is 7.70. The van der Waals surface area contributed by atoms with Gasteiger partial charge in [-0.25, -0.2) is 0 Å². The third kappa shape index (κ3) is 9.83. The van der Waals surface area contributed by atoms with Crippen molar-refractivity contribution in [2.24, 2.45) is 5.92 Å². The van der Waals surface area contributed by atoms with Crippen LogP contribution in [0.25, 0.3) is 10.9 Å². The summed E-state index contributed by atoms with van der Waals surface area (Å²) >= 11 is 0. The maximum absolute atomic E-state index is 13.4. The van der Waals surface area contributed by atoms with Crippen LogP contribution in [0.15, 0.2) is 54.7 Å². The summed E-state index contributed by atoms with van der Waals surface area (Å²) in [5.41, 5.74) is 3.07. The summed E-state index contributed by atoms with van der Waals surface area (Å²) in [7, 11) is 4.07. The molecule has 43 heavy (non-hydrogen) atoms. The van der Waals surface area contributed by atoms with Gasteiger partial charge in [0.2, 0.25) is 11.8 Å². The molecule has 2 aromatic carbocycles. The molecule has 3 aromatic rings. The van der Waals surface area contributed by atoms with E-state index in [1.165, 1.54) is 0 Å². The Kier molecular flexibility index (Phi) is 12.0. The number of aryl methyl sites for hydroxylation is 1. The van der Waals surface area contributed by atoms with Crippen molar-refractivity contribution >= 4 is 28.7 Å². The van der Waals surface area contributed by atoms with Crippen LogP contribution in [0, 0.1) is 5.92 Å². The molecule has 0 fully saturated rings. The summed E-state index contributed by atoms with van der Waals surface area (Å²) in [6.45, 7) is 3.52. The number of hydrogen-bond donors (Lipinski definition) is 3. The fraction of sp³-hybridized carbons (Fsp3) is 0.485. The predicted molar refractivity (Wildman–Crippen MR) is 165 cm³/mol. The van der Waals surface area contributed by atoms with Gasteiger partial charge in [-0.2, -0.15) is 0 Å². The van der Waals surface area contributed by atoms with E-state index in [4.69, 9.17) is 9.47 Å². The van der Waals surface area contributed by atoms with Crippen LogP contribution >= 0.6 is 0 Å². The second-order valence-electron chi connectivity index (χ2n) is 11.4. The zero-order chi connectivity index (χ0) is 30.6. The molecular formula is C33H44N4O6. The number of aliphatic carboxylic acids is 1. The van der Waals surface area contributed by atoms with Crippen LogP contribution in [0.2, 0.25) is 0 Å². The lowest BCUT2D eigenvalue weighted by molar-refractivity contribution is -0.141. The van der Waals surface area contributed by atoms with Crippen molar-refractivity contribution in [3.63, 3.8) is 0 Å². The monoisotopic (exact) mass is 592 g/mol. The standard InChI is InChI=1S/C33H44N4O6/c1-36(2)16-6-18-43-27-13-11-24(12-14-27)7-5-8-25(22-31(38)39)32(40)35-29-21-26-23-37(30-10-4-3-9-28(26)30)17-20-42-19-15-34-33(29)41/h3-4,9-14,23,25,29H,5-8,15-22H2,1-2H3,(H,34,41)(H,35,40)(H,38,39)/t25-,29?/m1/s1. The minimum atomic E-state index is -1.04. The van der Waals surface area contributed by atoms with Gasteiger partial charge < -0.3 is 34.7 Å². The Hall–Kier alpha value is -3.89. The molecule has 1 aliphatic heterocycles. The van der Waals surface area contributed by atoms with Crippen LogP contribution in [-0.4, -0.2) is 85.4 Å². The molecule has 10 nitrogen and oxygen atoms in total. The highest BCUT2D eigenvalue weighted by molar-refractivity contribution is 5.91. The molecule has 0 saturated carbocycles. The Labute approximate surface area is 253 Å². The fourth-order valence-electron chi connectivity index (χ4n) is 5.44. The van der Waals surface area contributed by atoms with E-state index >= 15 is 0 Å². The van der Waals surface area contributed by atoms with Gasteiger partial charge in [0.1, 0.15) is 11.8 Å². The van der Waals surface area contributed by atoms with E-state index in [-0.39, 0.29) is 12.3 Å². The number of aromatic nitrogens is 1. The molecule has 0 spiro atoms. The van der Waals surface area contributed by atoms with Crippen molar-refractivity contribution in [2.45, 2.75) is 51.1 Å². The highest BCUT2D eigenvalue weighted by atomic mass is 16.5. The summed E-state index contributed by atoms with van der Waals surface area (Å²) in [6.07, 6.45) is 4.69. The highest BCUT2D eigenvalue weighted by Gasteiger charge is 2.28. The number of carbonyl (C=O) groups is 3. The molecular weight excluding hydrogens is 548 g/mol. The molecule has 1 aliphatic rings. The van der Waals surface area contributed by atoms with E-state index in [1.807, 2.05) is 68.8 Å². The Bertz CT molecular complexity index is 1350. The Morgan fingerprint density at radius 1 is 1.14 bits per heavy atom. The van der Waals surface area contributed by atoms with Gasteiger partial charge in [0.05, 0.1) is 26.2 Å². The van der Waals surface area contributed by atoms with Gasteiger partial charge in [0.25, 0.3) is 0 Å². The number of nitrogens with one attached hydrogen (secondary N) is 2. The Balaban J connectivity index is 1.38. The van der Waals surface area contributed by atoms with Crippen LogP contribution in [0.1, 0.15) is 36.8 Å². The largest absolute Gasteiger partial charge is 0.494 e. The van der Waals surface area contributed by atoms with Crippen LogP contribution in [-0.2, 0) is 38.5 Å². The molecule has 1 aromatic heterocycles. The van der Waals surface area contributed by atoms with E-state index in [2.05, 4.69) is 20.1 Å². The first kappa shape index (κ1) is 32.0. The average molecular weight is 593 g/mol. The molecule has 2 bridgehead atoms. The number of hydrogen-bond acceptors (Lipinski definition) is 6. The fourth-order valence-corrected chi connectivity index (χ4v) is 5.44. The van der Waals surface area contributed by atoms with E-state index < -0.39 is 23.8 Å². The summed E-state index contributed by atoms with van der Waals surface area (Å²) < 4.78 is 13.6. The first-order valence-corrected chi connectivity index (χ1v) is 15.1. The highest BCUT2D eigenvalue weighted by Crippen LogP contribution is 2.24. The summed E-state index contributed by atoms with van der Waals surface area (Å²) in [6, 6.07) is 15.0. The number of benzene rings is 2. The van der Waals surface area contributed by atoms with E-state index in [0.717, 1.165) is 40.7 Å². The summed E-state index contributed by atoms with van der Waals surface area (Å²) in [4.78, 5) is 40.4. The van der Waals surface area contributed by atoms with Crippen molar-refractivity contribution in [1.82, 2.24) is 20.1 Å². The average Bonchev–Trinajstić information content (AvgIpc) is 3.33. The van der Waals surface area contributed by atoms with Gasteiger partial charge in [-0.3, -0.25) is 14.4 Å². The first-order chi connectivity index (χ1) is 20.8. The first-order valence-electron chi connectivity index (χ1n) is 15.1. The normalized spacial score (nSPS) is 16.6. The zero-order valence-corrected chi connectivity index (χ0v) is 25.2. The minimum Gasteiger partial charge on any atom is -0.494 e. The third-order valence-corrected chi connectivity index (χ3v) is 7.70.